The average molecular weight is 415 g/mol. The Morgan fingerprint density at radius 3 is 1.03 bits per heavy atom. The molecule has 0 aromatic carbocycles. The van der Waals surface area contributed by atoms with Crippen LogP contribution in [-0.4, -0.2) is 0 Å². The first-order chi connectivity index (χ1) is 14.8. The van der Waals surface area contributed by atoms with E-state index >= 15 is 0 Å². The van der Waals surface area contributed by atoms with Crippen molar-refractivity contribution in [1.82, 2.24) is 0 Å². The van der Waals surface area contributed by atoms with Crippen LogP contribution in [-0.2, 0) is 0 Å². The van der Waals surface area contributed by atoms with Gasteiger partial charge < -0.3 is 0 Å². The summed E-state index contributed by atoms with van der Waals surface area (Å²) >= 11 is 0. The van der Waals surface area contributed by atoms with Gasteiger partial charge in [-0.3, -0.25) is 0 Å². The Morgan fingerprint density at radius 1 is 0.333 bits per heavy atom. The molecular formula is C30H54. The van der Waals surface area contributed by atoms with Gasteiger partial charge in [0.25, 0.3) is 0 Å². The molecule has 0 heteroatoms. The summed E-state index contributed by atoms with van der Waals surface area (Å²) < 4.78 is 0. The monoisotopic (exact) mass is 414 g/mol. The minimum atomic E-state index is 0.858. The fourth-order valence-corrected chi connectivity index (χ4v) is 8.58. The van der Waals surface area contributed by atoms with Crippen LogP contribution in [0.2, 0.25) is 0 Å². The van der Waals surface area contributed by atoms with Crippen LogP contribution in [0.4, 0.5) is 0 Å². The molecule has 0 aromatic rings. The van der Waals surface area contributed by atoms with Gasteiger partial charge in [0.1, 0.15) is 0 Å². The summed E-state index contributed by atoms with van der Waals surface area (Å²) in [6, 6.07) is 0. The number of fused-ring (bicyclic) bond motifs is 3. The zero-order valence-electron chi connectivity index (χ0n) is 20.5. The normalized spacial score (nSPS) is 37.6. The van der Waals surface area contributed by atoms with Crippen molar-refractivity contribution in [3.8, 4) is 0 Å². The maximum absolute atomic E-state index is 1.58. The average Bonchev–Trinajstić information content (AvgIpc) is 2.81. The molecule has 30 heavy (non-hydrogen) atoms. The topological polar surface area (TPSA) is 0 Å². The Balaban J connectivity index is 0.000000109. The first kappa shape index (κ1) is 23.2. The van der Waals surface area contributed by atoms with E-state index in [1.54, 1.807) is 83.5 Å². The van der Waals surface area contributed by atoms with Crippen molar-refractivity contribution in [2.24, 2.45) is 29.1 Å². The second-order valence-electron chi connectivity index (χ2n) is 12.5. The SMILES string of the molecule is C1CC2CCCC(C1)C2.C1CCC2(CC1)CCCCC2.C1CCC2CCCCC2C1. The second kappa shape index (κ2) is 12.3. The molecule has 174 valence electrons. The predicted molar refractivity (Wildman–Crippen MR) is 132 cm³/mol. The summed E-state index contributed by atoms with van der Waals surface area (Å²) in [6.45, 7) is 0. The van der Waals surface area contributed by atoms with Crippen LogP contribution in [0, 0.1) is 29.1 Å². The first-order valence-electron chi connectivity index (χ1n) is 14.8. The lowest BCUT2D eigenvalue weighted by atomic mass is 9.65. The van der Waals surface area contributed by atoms with E-state index < -0.39 is 0 Å². The summed E-state index contributed by atoms with van der Waals surface area (Å²) in [5.74, 6) is 4.61. The maximum atomic E-state index is 1.58. The molecular weight excluding hydrogens is 360 g/mol. The predicted octanol–water partition coefficient (Wildman–Crippen LogP) is 10.2. The highest BCUT2D eigenvalue weighted by Crippen LogP contribution is 2.47. The van der Waals surface area contributed by atoms with Crippen LogP contribution in [0.5, 0.6) is 0 Å². The van der Waals surface area contributed by atoms with E-state index in [1.807, 2.05) is 0 Å². The van der Waals surface area contributed by atoms with E-state index in [0.29, 0.717) is 0 Å². The molecule has 0 heterocycles. The lowest BCUT2D eigenvalue weighted by molar-refractivity contribution is 0.124. The molecule has 0 aromatic heterocycles. The molecule has 0 unspecified atom stereocenters. The van der Waals surface area contributed by atoms with E-state index in [0.717, 1.165) is 29.1 Å². The van der Waals surface area contributed by atoms with Gasteiger partial charge in [-0.2, -0.15) is 0 Å². The summed E-state index contributed by atoms with van der Waals surface area (Å²) in [4.78, 5) is 0. The molecule has 6 saturated carbocycles. The zero-order valence-corrected chi connectivity index (χ0v) is 20.5. The van der Waals surface area contributed by atoms with Gasteiger partial charge in [-0.25, -0.2) is 0 Å². The molecule has 6 aliphatic carbocycles. The van der Waals surface area contributed by atoms with Crippen molar-refractivity contribution in [2.75, 3.05) is 0 Å². The van der Waals surface area contributed by atoms with Crippen LogP contribution in [0.25, 0.3) is 0 Å². The van der Waals surface area contributed by atoms with Crippen LogP contribution >= 0.6 is 0 Å². The molecule has 6 fully saturated rings. The van der Waals surface area contributed by atoms with Crippen molar-refractivity contribution in [3.63, 3.8) is 0 Å². The van der Waals surface area contributed by atoms with E-state index in [-0.39, 0.29) is 0 Å². The van der Waals surface area contributed by atoms with Gasteiger partial charge in [-0.15, -0.1) is 0 Å². The van der Waals surface area contributed by atoms with E-state index in [9.17, 15) is 0 Å². The molecule has 6 rings (SSSR count). The van der Waals surface area contributed by atoms with Crippen molar-refractivity contribution in [1.29, 1.82) is 0 Å². The van der Waals surface area contributed by atoms with Crippen molar-refractivity contribution < 1.29 is 0 Å². The maximum Gasteiger partial charge on any atom is -0.0297 e. The number of rotatable bonds is 0. The Morgan fingerprint density at radius 2 is 0.700 bits per heavy atom. The smallest absolute Gasteiger partial charge is 0.0297 e. The molecule has 6 aliphatic rings. The zero-order chi connectivity index (χ0) is 20.5. The lowest BCUT2D eigenvalue weighted by Crippen LogP contribution is -2.26. The van der Waals surface area contributed by atoms with Gasteiger partial charge in [-0.05, 0) is 61.2 Å². The molecule has 0 atom stereocenters. The lowest BCUT2D eigenvalue weighted by Gasteiger charge is -2.40. The number of hydrogen-bond donors (Lipinski definition) is 0. The molecule has 0 amide bonds. The van der Waals surface area contributed by atoms with Gasteiger partial charge in [0.05, 0.1) is 0 Å². The van der Waals surface area contributed by atoms with Gasteiger partial charge >= 0.3 is 0 Å². The summed E-state index contributed by atoms with van der Waals surface area (Å²) in [5.41, 5.74) is 0.858. The Bertz CT molecular complexity index is 387. The summed E-state index contributed by atoms with van der Waals surface area (Å²) in [5, 5.41) is 0. The Kier molecular flexibility index (Phi) is 9.50. The molecule has 1 spiro atoms. The van der Waals surface area contributed by atoms with E-state index in [2.05, 4.69) is 0 Å². The first-order valence-corrected chi connectivity index (χ1v) is 14.8. The van der Waals surface area contributed by atoms with Gasteiger partial charge in [0.15, 0.2) is 0 Å². The minimum absolute atomic E-state index is 0.858. The highest BCUT2D eigenvalue weighted by Gasteiger charge is 2.32. The van der Waals surface area contributed by atoms with Crippen LogP contribution in [0.1, 0.15) is 161 Å². The largest absolute Gasteiger partial charge is 0.0533 e. The second-order valence-corrected chi connectivity index (χ2v) is 12.5. The third-order valence-electron chi connectivity index (χ3n) is 10.4. The minimum Gasteiger partial charge on any atom is -0.0533 e. The third-order valence-corrected chi connectivity index (χ3v) is 10.4. The highest BCUT2D eigenvalue weighted by atomic mass is 14.4. The third kappa shape index (κ3) is 7.00. The molecule has 0 N–H and O–H groups in total. The molecule has 2 bridgehead atoms. The standard InChI is InChI=1S/C11H20.C10H18.C9H16/c1-3-7-11(8-4-1)9-5-2-6-10-11;1-2-6-10-8-4-3-7-9(10)5-1;1-3-8-5-2-6-9(4-1)7-8/h1-10H2;9-10H,1-8H2;8-9H,1-7H2. The van der Waals surface area contributed by atoms with Gasteiger partial charge in [0.2, 0.25) is 0 Å². The van der Waals surface area contributed by atoms with Crippen LogP contribution in [0.15, 0.2) is 0 Å². The Hall–Kier alpha value is 0. The summed E-state index contributed by atoms with van der Waals surface area (Å²) in [7, 11) is 0. The molecule has 0 nitrogen and oxygen atoms in total. The van der Waals surface area contributed by atoms with Gasteiger partial charge in [-0.1, -0.05) is 128 Å². The van der Waals surface area contributed by atoms with E-state index in [4.69, 9.17) is 0 Å². The summed E-state index contributed by atoms with van der Waals surface area (Å²) in [6.07, 6.45) is 38.6. The van der Waals surface area contributed by atoms with Gasteiger partial charge in [0, 0.05) is 0 Å². The van der Waals surface area contributed by atoms with E-state index in [1.165, 1.54) is 77.0 Å². The van der Waals surface area contributed by atoms with Crippen molar-refractivity contribution in [2.45, 2.75) is 161 Å². The highest BCUT2D eigenvalue weighted by molar-refractivity contribution is 4.85. The fraction of sp³-hybridized carbons (Fsp3) is 1.00. The Labute approximate surface area is 189 Å². The number of hydrogen-bond acceptors (Lipinski definition) is 0. The van der Waals surface area contributed by atoms with Crippen LogP contribution in [0.3, 0.4) is 0 Å². The fourth-order valence-electron chi connectivity index (χ4n) is 8.58. The quantitative estimate of drug-likeness (QED) is 0.370. The molecule has 0 radical (unpaired) electrons. The molecule has 0 aliphatic heterocycles. The van der Waals surface area contributed by atoms with Crippen molar-refractivity contribution >= 4 is 0 Å². The molecule has 0 saturated heterocycles. The van der Waals surface area contributed by atoms with Crippen LogP contribution < -0.4 is 0 Å². The van der Waals surface area contributed by atoms with Crippen molar-refractivity contribution in [3.05, 3.63) is 0 Å².